The zero-order chi connectivity index (χ0) is 14.0. The maximum atomic E-state index is 11.6. The minimum absolute atomic E-state index is 0.167. The Morgan fingerprint density at radius 2 is 2.11 bits per heavy atom. The lowest BCUT2D eigenvalue weighted by Crippen LogP contribution is -2.19. The smallest absolute Gasteiger partial charge is 0.323 e. The van der Waals surface area contributed by atoms with Crippen molar-refractivity contribution in [2.75, 3.05) is 0 Å². The van der Waals surface area contributed by atoms with Crippen LogP contribution in [0.1, 0.15) is 0 Å². The molecule has 1 heterocycles. The number of carboxylic acid groups (broad SMARTS) is 1. The maximum absolute atomic E-state index is 11.6. The topological polar surface area (TPSA) is 102 Å². The highest BCUT2D eigenvalue weighted by Gasteiger charge is 2.19. The van der Waals surface area contributed by atoms with Gasteiger partial charge in [0.15, 0.2) is 0 Å². The minimum atomic E-state index is -1.18. The lowest BCUT2D eigenvalue weighted by atomic mass is 10.1. The van der Waals surface area contributed by atoms with Gasteiger partial charge in [-0.1, -0.05) is 23.5 Å². The van der Waals surface area contributed by atoms with E-state index in [0.717, 1.165) is 15.9 Å². The van der Waals surface area contributed by atoms with Gasteiger partial charge in [0.2, 0.25) is 0 Å². The van der Waals surface area contributed by atoms with Gasteiger partial charge in [0, 0.05) is 11.4 Å². The van der Waals surface area contributed by atoms with Gasteiger partial charge in [0.05, 0.1) is 16.2 Å². The fourth-order valence-corrected chi connectivity index (χ4v) is 2.43. The van der Waals surface area contributed by atoms with Gasteiger partial charge in [-0.3, -0.25) is 24.3 Å². The number of thiazole rings is 1. The first-order valence-electron chi connectivity index (χ1n) is 5.14. The van der Waals surface area contributed by atoms with E-state index in [2.05, 4.69) is 0 Å². The van der Waals surface area contributed by atoms with Gasteiger partial charge >= 0.3 is 10.8 Å². The minimum Gasteiger partial charge on any atom is -0.480 e. The summed E-state index contributed by atoms with van der Waals surface area (Å²) < 4.78 is 1.01. The lowest BCUT2D eigenvalue weighted by Gasteiger charge is -2.05. The number of nitro groups is 1. The summed E-state index contributed by atoms with van der Waals surface area (Å²) in [5, 5.41) is 21.1. The van der Waals surface area contributed by atoms with Crippen LogP contribution in [-0.4, -0.2) is 20.6 Å². The monoisotopic (exact) mass is 280 g/mol. The molecule has 0 unspecified atom stereocenters. The number of rotatable bonds is 4. The van der Waals surface area contributed by atoms with Crippen LogP contribution in [0.15, 0.2) is 34.4 Å². The summed E-state index contributed by atoms with van der Waals surface area (Å²) in [5.41, 5.74) is 0.302. The Bertz CT molecular complexity index is 703. The van der Waals surface area contributed by atoms with Gasteiger partial charge in [-0.05, 0) is 6.07 Å². The molecule has 98 valence electrons. The van der Waals surface area contributed by atoms with Crippen LogP contribution in [0.4, 0.5) is 5.69 Å². The molecule has 0 saturated carbocycles. The van der Waals surface area contributed by atoms with E-state index in [1.165, 1.54) is 23.6 Å². The molecule has 0 saturated heterocycles. The van der Waals surface area contributed by atoms with Gasteiger partial charge in [0.1, 0.15) is 6.54 Å². The molecule has 0 atom stereocenters. The van der Waals surface area contributed by atoms with Crippen molar-refractivity contribution in [1.29, 1.82) is 0 Å². The van der Waals surface area contributed by atoms with Gasteiger partial charge in [0.25, 0.3) is 5.69 Å². The molecule has 7 nitrogen and oxygen atoms in total. The molecule has 8 heteroatoms. The quantitative estimate of drug-likeness (QED) is 0.676. The van der Waals surface area contributed by atoms with E-state index in [1.807, 2.05) is 0 Å². The largest absolute Gasteiger partial charge is 0.480 e. The summed E-state index contributed by atoms with van der Waals surface area (Å²) in [4.78, 5) is 32.2. The van der Waals surface area contributed by atoms with Crippen molar-refractivity contribution < 1.29 is 14.8 Å². The molecule has 2 aromatic rings. The standard InChI is InChI=1S/C11H8N2O5S/c14-10(15)5-12-9(6-19-11(12)16)7-3-1-2-4-8(7)13(17)18/h1-4,6H,5H2,(H,14,15). The Labute approximate surface area is 110 Å². The number of carbonyl (C=O) groups is 1. The van der Waals surface area contributed by atoms with Crippen LogP contribution in [0.25, 0.3) is 11.3 Å². The molecule has 0 bridgehead atoms. The van der Waals surface area contributed by atoms with Crippen LogP contribution in [0.5, 0.6) is 0 Å². The first-order chi connectivity index (χ1) is 9.00. The molecule has 1 aromatic carbocycles. The molecule has 0 amide bonds. The fraction of sp³-hybridized carbons (Fsp3) is 0.0909. The van der Waals surface area contributed by atoms with E-state index < -0.39 is 22.3 Å². The lowest BCUT2D eigenvalue weighted by molar-refractivity contribution is -0.384. The van der Waals surface area contributed by atoms with Crippen LogP contribution in [0, 0.1) is 10.1 Å². The van der Waals surface area contributed by atoms with Crippen molar-refractivity contribution in [1.82, 2.24) is 4.57 Å². The van der Waals surface area contributed by atoms with Gasteiger partial charge < -0.3 is 5.11 Å². The van der Waals surface area contributed by atoms with E-state index in [1.54, 1.807) is 6.07 Å². The van der Waals surface area contributed by atoms with Crippen LogP contribution in [0.2, 0.25) is 0 Å². The van der Waals surface area contributed by atoms with Gasteiger partial charge in [-0.15, -0.1) is 0 Å². The predicted molar refractivity (Wildman–Crippen MR) is 68.3 cm³/mol. The van der Waals surface area contributed by atoms with Crippen LogP contribution >= 0.6 is 11.3 Å². The van der Waals surface area contributed by atoms with Gasteiger partial charge in [-0.2, -0.15) is 0 Å². The number of aromatic nitrogens is 1. The third-order valence-electron chi connectivity index (χ3n) is 2.45. The van der Waals surface area contributed by atoms with E-state index in [0.29, 0.717) is 0 Å². The highest BCUT2D eigenvalue weighted by atomic mass is 32.1. The van der Waals surface area contributed by atoms with Gasteiger partial charge in [-0.25, -0.2) is 0 Å². The number of carboxylic acids is 1. The van der Waals surface area contributed by atoms with Crippen LogP contribution in [-0.2, 0) is 11.3 Å². The molecule has 0 radical (unpaired) electrons. The SMILES string of the molecule is O=C(O)Cn1c(-c2ccccc2[N+](=O)[O-])csc1=O. The molecule has 0 spiro atoms. The van der Waals surface area contributed by atoms with E-state index in [9.17, 15) is 19.7 Å². The number of nitro benzene ring substituents is 1. The molecule has 2 rings (SSSR count). The Kier molecular flexibility index (Phi) is 3.43. The fourth-order valence-electron chi connectivity index (χ4n) is 1.68. The number of nitrogens with zero attached hydrogens (tertiary/aromatic N) is 2. The normalized spacial score (nSPS) is 10.3. The van der Waals surface area contributed by atoms with E-state index in [-0.39, 0.29) is 16.9 Å². The number of hydrogen-bond acceptors (Lipinski definition) is 5. The Balaban J connectivity index is 2.63. The molecule has 1 aromatic heterocycles. The molecule has 1 N–H and O–H groups in total. The first kappa shape index (κ1) is 13.0. The molecule has 19 heavy (non-hydrogen) atoms. The molecule has 0 fully saturated rings. The number of para-hydroxylation sites is 1. The van der Waals surface area contributed by atoms with Crippen LogP contribution < -0.4 is 4.87 Å². The van der Waals surface area contributed by atoms with E-state index >= 15 is 0 Å². The van der Waals surface area contributed by atoms with Crippen molar-refractivity contribution >= 4 is 23.0 Å². The summed E-state index contributed by atoms with van der Waals surface area (Å²) in [7, 11) is 0. The van der Waals surface area contributed by atoms with Crippen molar-refractivity contribution in [2.24, 2.45) is 0 Å². The first-order valence-corrected chi connectivity index (χ1v) is 6.02. The average Bonchev–Trinajstić information content (AvgIpc) is 2.70. The number of benzene rings is 1. The summed E-state index contributed by atoms with van der Waals surface area (Å²) >= 11 is 0.810. The third-order valence-corrected chi connectivity index (χ3v) is 3.22. The second-order valence-electron chi connectivity index (χ2n) is 3.64. The van der Waals surface area contributed by atoms with Crippen molar-refractivity contribution in [3.8, 4) is 11.3 Å². The molecular weight excluding hydrogens is 272 g/mol. The zero-order valence-corrected chi connectivity index (χ0v) is 10.3. The highest BCUT2D eigenvalue weighted by molar-refractivity contribution is 7.07. The third kappa shape index (κ3) is 2.52. The van der Waals surface area contributed by atoms with Crippen molar-refractivity contribution in [2.45, 2.75) is 6.54 Å². The molecule has 0 aliphatic carbocycles. The number of hydrogen-bond donors (Lipinski definition) is 1. The summed E-state index contributed by atoms with van der Waals surface area (Å²) in [6.45, 7) is -0.524. The molecular formula is C11H8N2O5S. The van der Waals surface area contributed by atoms with Crippen LogP contribution in [0.3, 0.4) is 0 Å². The second-order valence-corrected chi connectivity index (χ2v) is 4.46. The zero-order valence-electron chi connectivity index (χ0n) is 9.48. The van der Waals surface area contributed by atoms with Crippen molar-refractivity contribution in [3.05, 3.63) is 49.4 Å². The molecule has 0 aliphatic rings. The summed E-state index contributed by atoms with van der Waals surface area (Å²) in [5.74, 6) is -1.18. The van der Waals surface area contributed by atoms with Crippen molar-refractivity contribution in [3.63, 3.8) is 0 Å². The average molecular weight is 280 g/mol. The predicted octanol–water partition coefficient (Wildman–Crippen LogP) is 1.57. The van der Waals surface area contributed by atoms with E-state index in [4.69, 9.17) is 5.11 Å². The second kappa shape index (κ2) is 5.02. The maximum Gasteiger partial charge on any atom is 0.323 e. The molecule has 0 aliphatic heterocycles. The Morgan fingerprint density at radius 3 is 2.74 bits per heavy atom. The summed E-state index contributed by atoms with van der Waals surface area (Å²) in [6.07, 6.45) is 0. The Morgan fingerprint density at radius 1 is 1.42 bits per heavy atom. The highest BCUT2D eigenvalue weighted by Crippen LogP contribution is 2.29. The number of aliphatic carboxylic acids is 1. The summed E-state index contributed by atoms with van der Waals surface area (Å²) in [6, 6.07) is 5.89. The Hall–Kier alpha value is -2.48.